The monoisotopic (exact) mass is 373 g/mol. The molecule has 1 aromatic rings. The van der Waals surface area contributed by atoms with Crippen LogP contribution in [0.3, 0.4) is 0 Å². The zero-order valence-electron chi connectivity index (χ0n) is 13.3. The van der Waals surface area contributed by atoms with Crippen LogP contribution in [0.5, 0.6) is 0 Å². The summed E-state index contributed by atoms with van der Waals surface area (Å²) in [5, 5.41) is 0.592. The molecule has 0 saturated carbocycles. The maximum absolute atomic E-state index is 12.8. The highest BCUT2D eigenvalue weighted by Gasteiger charge is 2.19. The number of benzene rings is 1. The molecule has 21 heavy (non-hydrogen) atoms. The molecule has 0 bridgehead atoms. The van der Waals surface area contributed by atoms with Gasteiger partial charge in [-0.3, -0.25) is 4.79 Å². The van der Waals surface area contributed by atoms with Gasteiger partial charge in [0, 0.05) is 22.6 Å². The lowest BCUT2D eigenvalue weighted by Gasteiger charge is -2.25. The topological polar surface area (TPSA) is 20.3 Å². The molecule has 1 rings (SSSR count). The molecule has 0 aromatic heterocycles. The summed E-state index contributed by atoms with van der Waals surface area (Å²) in [6.07, 6.45) is 2.03. The van der Waals surface area contributed by atoms with Crippen LogP contribution in [0, 0.1) is 11.8 Å². The first-order valence-electron chi connectivity index (χ1n) is 7.55. The third kappa shape index (κ3) is 6.39. The van der Waals surface area contributed by atoms with Gasteiger partial charge in [0.1, 0.15) is 0 Å². The fraction of sp³-hybridized carbons (Fsp3) is 0.588. The van der Waals surface area contributed by atoms with Gasteiger partial charge < -0.3 is 4.90 Å². The smallest absolute Gasteiger partial charge is 0.255 e. The van der Waals surface area contributed by atoms with Gasteiger partial charge in [0.15, 0.2) is 0 Å². The quantitative estimate of drug-likeness (QED) is 0.605. The van der Waals surface area contributed by atoms with Crippen LogP contribution >= 0.6 is 27.5 Å². The van der Waals surface area contributed by atoms with Crippen molar-refractivity contribution in [1.29, 1.82) is 0 Å². The summed E-state index contributed by atoms with van der Waals surface area (Å²) in [7, 11) is 0. The van der Waals surface area contributed by atoms with Gasteiger partial charge in [-0.25, -0.2) is 0 Å². The zero-order chi connectivity index (χ0) is 16.0. The van der Waals surface area contributed by atoms with E-state index < -0.39 is 0 Å². The van der Waals surface area contributed by atoms with Gasteiger partial charge in [-0.15, -0.1) is 0 Å². The van der Waals surface area contributed by atoms with Crippen LogP contribution in [0.25, 0.3) is 0 Å². The van der Waals surface area contributed by atoms with Crippen LogP contribution in [0.4, 0.5) is 0 Å². The number of rotatable bonds is 7. The summed E-state index contributed by atoms with van der Waals surface area (Å²) < 4.78 is 0.802. The van der Waals surface area contributed by atoms with E-state index in [4.69, 9.17) is 11.6 Å². The number of hydrogen-bond acceptors (Lipinski definition) is 1. The minimum atomic E-state index is 0.0608. The first-order valence-corrected chi connectivity index (χ1v) is 8.72. The van der Waals surface area contributed by atoms with Gasteiger partial charge in [0.05, 0.1) is 5.56 Å². The Kier molecular flexibility index (Phi) is 7.75. The second kappa shape index (κ2) is 8.79. The van der Waals surface area contributed by atoms with Crippen LogP contribution in [0.1, 0.15) is 50.9 Å². The standard InChI is InChI=1S/C17H25BrClNO/c1-12(2)7-9-20(10-8-13(3)4)17(21)15-11-14(19)5-6-16(15)18/h5-6,11-13H,7-10H2,1-4H3. The number of carbonyl (C=O) groups is 1. The molecule has 0 aliphatic rings. The molecular formula is C17H25BrClNO. The van der Waals surface area contributed by atoms with Crippen molar-refractivity contribution in [3.63, 3.8) is 0 Å². The highest BCUT2D eigenvalue weighted by Crippen LogP contribution is 2.23. The fourth-order valence-corrected chi connectivity index (χ4v) is 2.56. The van der Waals surface area contributed by atoms with E-state index in [2.05, 4.69) is 43.6 Å². The van der Waals surface area contributed by atoms with E-state index in [1.807, 2.05) is 11.0 Å². The number of amides is 1. The van der Waals surface area contributed by atoms with Gasteiger partial charge in [-0.05, 0) is 58.8 Å². The molecule has 0 atom stereocenters. The fourth-order valence-electron chi connectivity index (χ4n) is 1.97. The SMILES string of the molecule is CC(C)CCN(CCC(C)C)C(=O)c1cc(Cl)ccc1Br. The van der Waals surface area contributed by atoms with Crippen molar-refractivity contribution in [3.05, 3.63) is 33.3 Å². The highest BCUT2D eigenvalue weighted by molar-refractivity contribution is 9.10. The van der Waals surface area contributed by atoms with Crippen molar-refractivity contribution in [2.45, 2.75) is 40.5 Å². The Labute approximate surface area is 142 Å². The Balaban J connectivity index is 2.89. The molecule has 118 valence electrons. The lowest BCUT2D eigenvalue weighted by atomic mass is 10.1. The summed E-state index contributed by atoms with van der Waals surface area (Å²) in [6, 6.07) is 5.36. The summed E-state index contributed by atoms with van der Waals surface area (Å²) in [5.74, 6) is 1.23. The molecule has 0 spiro atoms. The first kappa shape index (κ1) is 18.5. The van der Waals surface area contributed by atoms with Gasteiger partial charge in [0.25, 0.3) is 5.91 Å². The Bertz CT molecular complexity index is 462. The molecule has 0 unspecified atom stereocenters. The minimum absolute atomic E-state index is 0.0608. The average Bonchev–Trinajstić information content (AvgIpc) is 2.40. The maximum Gasteiger partial charge on any atom is 0.255 e. The Morgan fingerprint density at radius 2 is 1.67 bits per heavy atom. The molecule has 0 N–H and O–H groups in total. The molecule has 2 nitrogen and oxygen atoms in total. The zero-order valence-corrected chi connectivity index (χ0v) is 15.7. The van der Waals surface area contributed by atoms with Crippen LogP contribution in [0.15, 0.2) is 22.7 Å². The number of nitrogens with zero attached hydrogens (tertiary/aromatic N) is 1. The summed E-state index contributed by atoms with van der Waals surface area (Å²) in [6.45, 7) is 10.3. The lowest BCUT2D eigenvalue weighted by Crippen LogP contribution is -2.34. The molecule has 0 saturated heterocycles. The van der Waals surface area contributed by atoms with Crippen molar-refractivity contribution in [2.24, 2.45) is 11.8 Å². The second-order valence-electron chi connectivity index (χ2n) is 6.28. The van der Waals surface area contributed by atoms with Gasteiger partial charge in [0.2, 0.25) is 0 Å². The molecule has 4 heteroatoms. The van der Waals surface area contributed by atoms with Crippen molar-refractivity contribution in [3.8, 4) is 0 Å². The molecule has 1 amide bonds. The van der Waals surface area contributed by atoms with E-state index in [1.165, 1.54) is 0 Å². The Hall–Kier alpha value is -0.540. The van der Waals surface area contributed by atoms with Crippen LogP contribution < -0.4 is 0 Å². The van der Waals surface area contributed by atoms with Crippen molar-refractivity contribution < 1.29 is 4.79 Å². The largest absolute Gasteiger partial charge is 0.339 e. The van der Waals surface area contributed by atoms with Gasteiger partial charge in [-0.1, -0.05) is 39.3 Å². The second-order valence-corrected chi connectivity index (χ2v) is 7.57. The average molecular weight is 375 g/mol. The minimum Gasteiger partial charge on any atom is -0.339 e. The van der Waals surface area contributed by atoms with Crippen molar-refractivity contribution >= 4 is 33.4 Å². The molecule has 0 fully saturated rings. The molecule has 1 aromatic carbocycles. The molecular weight excluding hydrogens is 350 g/mol. The number of halogens is 2. The molecule has 0 aliphatic heterocycles. The summed E-state index contributed by atoms with van der Waals surface area (Å²) >= 11 is 9.48. The normalized spacial score (nSPS) is 11.2. The maximum atomic E-state index is 12.8. The predicted octanol–water partition coefficient (Wildman–Crippen LogP) is 5.64. The molecule has 0 radical (unpaired) electrons. The van der Waals surface area contributed by atoms with Gasteiger partial charge in [-0.2, -0.15) is 0 Å². The van der Waals surface area contributed by atoms with E-state index >= 15 is 0 Å². The van der Waals surface area contributed by atoms with E-state index in [0.717, 1.165) is 30.4 Å². The first-order chi connectivity index (χ1) is 9.81. The van der Waals surface area contributed by atoms with Crippen LogP contribution in [-0.4, -0.2) is 23.9 Å². The third-order valence-corrected chi connectivity index (χ3v) is 4.33. The Morgan fingerprint density at radius 3 is 2.14 bits per heavy atom. The highest BCUT2D eigenvalue weighted by atomic mass is 79.9. The third-order valence-electron chi connectivity index (χ3n) is 3.40. The number of carbonyl (C=O) groups excluding carboxylic acids is 1. The van der Waals surface area contributed by atoms with Gasteiger partial charge >= 0.3 is 0 Å². The van der Waals surface area contributed by atoms with Crippen molar-refractivity contribution in [2.75, 3.05) is 13.1 Å². The van der Waals surface area contributed by atoms with E-state index in [0.29, 0.717) is 22.4 Å². The predicted molar refractivity (Wildman–Crippen MR) is 94.0 cm³/mol. The van der Waals surface area contributed by atoms with Crippen molar-refractivity contribution in [1.82, 2.24) is 4.90 Å². The molecule has 0 aliphatic carbocycles. The number of hydrogen-bond donors (Lipinski definition) is 0. The Morgan fingerprint density at radius 1 is 1.14 bits per heavy atom. The van der Waals surface area contributed by atoms with E-state index in [-0.39, 0.29) is 5.91 Å². The molecule has 0 heterocycles. The van der Waals surface area contributed by atoms with E-state index in [1.54, 1.807) is 12.1 Å². The summed E-state index contributed by atoms with van der Waals surface area (Å²) in [4.78, 5) is 14.7. The lowest BCUT2D eigenvalue weighted by molar-refractivity contribution is 0.0740. The van der Waals surface area contributed by atoms with Crippen LogP contribution in [0.2, 0.25) is 5.02 Å². The van der Waals surface area contributed by atoms with E-state index in [9.17, 15) is 4.79 Å². The van der Waals surface area contributed by atoms with Crippen LogP contribution in [-0.2, 0) is 0 Å². The summed E-state index contributed by atoms with van der Waals surface area (Å²) in [5.41, 5.74) is 0.648.